The average Bonchev–Trinajstić information content (AvgIpc) is 2.91. The predicted octanol–water partition coefficient (Wildman–Crippen LogP) is 3.46. The Morgan fingerprint density at radius 1 is 1.10 bits per heavy atom. The molecule has 3 nitrogen and oxygen atoms in total. The first kappa shape index (κ1) is 13.7. The molecule has 0 radical (unpaired) electrons. The van der Waals surface area contributed by atoms with Crippen molar-refractivity contribution >= 4 is 11.0 Å². The number of para-hydroxylation sites is 1. The van der Waals surface area contributed by atoms with Gasteiger partial charge >= 0.3 is 0 Å². The van der Waals surface area contributed by atoms with E-state index in [4.69, 9.17) is 10.3 Å². The molecule has 0 saturated carbocycles. The molecule has 3 N–H and O–H groups in total. The molecule has 1 unspecified atom stereocenters. The minimum atomic E-state index is -0.480. The van der Waals surface area contributed by atoms with Gasteiger partial charge in [-0.1, -0.05) is 18.2 Å². The molecule has 0 aliphatic rings. The second kappa shape index (κ2) is 5.63. The zero-order chi connectivity index (χ0) is 14.8. The topological polar surface area (TPSA) is 51.2 Å². The van der Waals surface area contributed by atoms with Gasteiger partial charge in [-0.2, -0.15) is 0 Å². The number of rotatable bonds is 4. The van der Waals surface area contributed by atoms with Crippen molar-refractivity contribution < 1.29 is 13.2 Å². The summed E-state index contributed by atoms with van der Waals surface area (Å²) in [7, 11) is 0. The minimum Gasteiger partial charge on any atom is -0.459 e. The van der Waals surface area contributed by atoms with Crippen LogP contribution in [0.2, 0.25) is 0 Å². The molecule has 21 heavy (non-hydrogen) atoms. The van der Waals surface area contributed by atoms with E-state index in [1.54, 1.807) is 0 Å². The van der Waals surface area contributed by atoms with E-state index in [2.05, 4.69) is 5.43 Å². The van der Waals surface area contributed by atoms with E-state index in [-0.39, 0.29) is 12.0 Å². The molecule has 1 heterocycles. The molecule has 0 aliphatic heterocycles. The summed E-state index contributed by atoms with van der Waals surface area (Å²) in [5.41, 5.74) is 3.57. The van der Waals surface area contributed by atoms with E-state index >= 15 is 0 Å². The maximum atomic E-state index is 13.7. The second-order valence-electron chi connectivity index (χ2n) is 4.85. The van der Waals surface area contributed by atoms with Gasteiger partial charge in [-0.25, -0.2) is 14.2 Å². The third kappa shape index (κ3) is 2.79. The van der Waals surface area contributed by atoms with E-state index in [1.165, 1.54) is 6.07 Å². The Morgan fingerprint density at radius 2 is 1.90 bits per heavy atom. The number of nitrogens with two attached hydrogens (primary N) is 1. The molecule has 0 amide bonds. The zero-order valence-corrected chi connectivity index (χ0v) is 11.1. The van der Waals surface area contributed by atoms with Crippen molar-refractivity contribution in [2.24, 2.45) is 5.84 Å². The van der Waals surface area contributed by atoms with Crippen molar-refractivity contribution in [3.8, 4) is 0 Å². The van der Waals surface area contributed by atoms with Crippen LogP contribution in [0.4, 0.5) is 8.78 Å². The van der Waals surface area contributed by atoms with Gasteiger partial charge in [-0.3, -0.25) is 5.84 Å². The number of fused-ring (bicyclic) bond motifs is 1. The number of hydrogen-bond donors (Lipinski definition) is 2. The lowest BCUT2D eigenvalue weighted by Crippen LogP contribution is -2.29. The van der Waals surface area contributed by atoms with Crippen LogP contribution in [-0.4, -0.2) is 0 Å². The van der Waals surface area contributed by atoms with Gasteiger partial charge in [-0.15, -0.1) is 0 Å². The van der Waals surface area contributed by atoms with Gasteiger partial charge in [0.1, 0.15) is 23.0 Å². The number of hydrogen-bond acceptors (Lipinski definition) is 3. The van der Waals surface area contributed by atoms with Crippen LogP contribution in [0.15, 0.2) is 52.9 Å². The van der Waals surface area contributed by atoms with Crippen molar-refractivity contribution in [3.63, 3.8) is 0 Å². The lowest BCUT2D eigenvalue weighted by atomic mass is 10.0. The van der Waals surface area contributed by atoms with Gasteiger partial charge in [0.2, 0.25) is 0 Å². The maximum Gasteiger partial charge on any atom is 0.134 e. The molecular weight excluding hydrogens is 274 g/mol. The number of nitrogens with one attached hydrogen (secondary N) is 1. The lowest BCUT2D eigenvalue weighted by Gasteiger charge is -2.13. The van der Waals surface area contributed by atoms with Crippen LogP contribution in [0, 0.1) is 11.6 Å². The predicted molar refractivity (Wildman–Crippen MR) is 76.3 cm³/mol. The molecule has 1 atom stereocenters. The fourth-order valence-electron chi connectivity index (χ4n) is 2.34. The van der Waals surface area contributed by atoms with E-state index in [0.717, 1.165) is 23.1 Å². The Balaban J connectivity index is 1.92. The van der Waals surface area contributed by atoms with Crippen molar-refractivity contribution in [1.29, 1.82) is 0 Å². The Hall–Kier alpha value is -2.24. The van der Waals surface area contributed by atoms with Crippen LogP contribution in [-0.2, 0) is 6.42 Å². The highest BCUT2D eigenvalue weighted by molar-refractivity contribution is 5.77. The summed E-state index contributed by atoms with van der Waals surface area (Å²) in [5.74, 6) is 5.18. The molecule has 0 bridgehead atoms. The number of halogens is 2. The molecule has 5 heteroatoms. The van der Waals surface area contributed by atoms with Crippen LogP contribution < -0.4 is 11.3 Å². The smallest absolute Gasteiger partial charge is 0.134 e. The first-order chi connectivity index (χ1) is 10.2. The lowest BCUT2D eigenvalue weighted by molar-refractivity contribution is 0.428. The standard InChI is InChI=1S/C16H14F2N2O/c17-12-5-6-13(18)11(7-12)8-14(20-19)16-9-10-3-1-2-4-15(10)21-16/h1-7,9,14,20H,8,19H2. The quantitative estimate of drug-likeness (QED) is 0.571. The van der Waals surface area contributed by atoms with Crippen molar-refractivity contribution in [1.82, 2.24) is 5.43 Å². The van der Waals surface area contributed by atoms with Gasteiger partial charge < -0.3 is 4.42 Å². The molecule has 3 rings (SSSR count). The van der Waals surface area contributed by atoms with E-state index in [0.29, 0.717) is 5.76 Å². The third-order valence-electron chi connectivity index (χ3n) is 3.42. The summed E-state index contributed by atoms with van der Waals surface area (Å²) in [5, 5.41) is 0.937. The summed E-state index contributed by atoms with van der Waals surface area (Å²) >= 11 is 0. The highest BCUT2D eigenvalue weighted by atomic mass is 19.1. The normalized spacial score (nSPS) is 12.7. The molecule has 1 aromatic heterocycles. The maximum absolute atomic E-state index is 13.7. The molecule has 0 saturated heterocycles. The average molecular weight is 288 g/mol. The summed E-state index contributed by atoms with van der Waals surface area (Å²) < 4.78 is 32.7. The Bertz CT molecular complexity index is 737. The van der Waals surface area contributed by atoms with Gasteiger partial charge in [-0.05, 0) is 42.3 Å². The van der Waals surface area contributed by atoms with Gasteiger partial charge in [0, 0.05) is 5.39 Å². The molecule has 0 spiro atoms. The van der Waals surface area contributed by atoms with Crippen LogP contribution in [0.3, 0.4) is 0 Å². The monoisotopic (exact) mass is 288 g/mol. The van der Waals surface area contributed by atoms with E-state index in [1.807, 2.05) is 30.3 Å². The second-order valence-corrected chi connectivity index (χ2v) is 4.85. The van der Waals surface area contributed by atoms with E-state index in [9.17, 15) is 8.78 Å². The van der Waals surface area contributed by atoms with Gasteiger partial charge in [0.05, 0.1) is 6.04 Å². The number of benzene rings is 2. The molecule has 0 fully saturated rings. The summed E-state index contributed by atoms with van der Waals surface area (Å²) in [6, 6.07) is 12.3. The van der Waals surface area contributed by atoms with Crippen LogP contribution in [0.1, 0.15) is 17.4 Å². The summed E-state index contributed by atoms with van der Waals surface area (Å²) in [4.78, 5) is 0. The Morgan fingerprint density at radius 3 is 2.67 bits per heavy atom. The molecule has 2 aromatic carbocycles. The largest absolute Gasteiger partial charge is 0.459 e. The highest BCUT2D eigenvalue weighted by Gasteiger charge is 2.18. The number of hydrazine groups is 1. The first-order valence-electron chi connectivity index (χ1n) is 6.56. The minimum absolute atomic E-state index is 0.194. The van der Waals surface area contributed by atoms with Crippen molar-refractivity contribution in [3.05, 3.63) is 71.5 Å². The third-order valence-corrected chi connectivity index (χ3v) is 3.42. The SMILES string of the molecule is NNC(Cc1cc(F)ccc1F)c1cc2ccccc2o1. The summed E-state index contributed by atoms with van der Waals surface area (Å²) in [6.45, 7) is 0. The van der Waals surface area contributed by atoms with Crippen LogP contribution in [0.5, 0.6) is 0 Å². The first-order valence-corrected chi connectivity index (χ1v) is 6.56. The van der Waals surface area contributed by atoms with Crippen molar-refractivity contribution in [2.75, 3.05) is 0 Å². The van der Waals surface area contributed by atoms with Crippen LogP contribution >= 0.6 is 0 Å². The molecule has 0 aliphatic carbocycles. The Labute approximate surface area is 120 Å². The fraction of sp³-hybridized carbons (Fsp3) is 0.125. The van der Waals surface area contributed by atoms with Crippen molar-refractivity contribution in [2.45, 2.75) is 12.5 Å². The molecular formula is C16H14F2N2O. The zero-order valence-electron chi connectivity index (χ0n) is 11.1. The van der Waals surface area contributed by atoms with Gasteiger partial charge in [0.25, 0.3) is 0 Å². The molecule has 108 valence electrons. The van der Waals surface area contributed by atoms with Crippen LogP contribution in [0.25, 0.3) is 11.0 Å². The highest BCUT2D eigenvalue weighted by Crippen LogP contribution is 2.26. The van der Waals surface area contributed by atoms with E-state index < -0.39 is 17.7 Å². The summed E-state index contributed by atoms with van der Waals surface area (Å²) in [6.07, 6.45) is 0.194. The number of furan rings is 1. The van der Waals surface area contributed by atoms with Gasteiger partial charge in [0.15, 0.2) is 0 Å². The molecule has 3 aromatic rings. The Kier molecular flexibility index (Phi) is 3.68. The fourth-order valence-corrected chi connectivity index (χ4v) is 2.34.